The number of carbonyl (C=O) groups excluding carboxylic acids is 1. The largest absolute Gasteiger partial charge is 0.497 e. The van der Waals surface area contributed by atoms with Crippen molar-refractivity contribution in [2.75, 3.05) is 7.11 Å². The first-order valence-electron chi connectivity index (χ1n) is 5.87. The fourth-order valence-electron chi connectivity index (χ4n) is 1.52. The summed E-state index contributed by atoms with van der Waals surface area (Å²) in [6.45, 7) is 3.99. The SMILES string of the molecule is CCCC(C)C(=O)C#Cc1cccc(OC)c1. The molecule has 0 aliphatic rings. The van der Waals surface area contributed by atoms with E-state index < -0.39 is 0 Å². The molecule has 0 spiro atoms. The molecule has 1 unspecified atom stereocenters. The Hall–Kier alpha value is -1.75. The molecule has 0 saturated heterocycles. The summed E-state index contributed by atoms with van der Waals surface area (Å²) in [5, 5.41) is 0. The molecule has 1 rings (SSSR count). The quantitative estimate of drug-likeness (QED) is 0.743. The standard InChI is InChI=1S/C15H18O2/c1-4-6-12(2)15(16)10-9-13-7-5-8-14(11-13)17-3/h5,7-8,11-12H,4,6H2,1-3H3. The topological polar surface area (TPSA) is 26.3 Å². The maximum atomic E-state index is 11.7. The Balaban J connectivity index is 2.73. The van der Waals surface area contributed by atoms with Crippen LogP contribution in [0, 0.1) is 17.8 Å². The zero-order valence-corrected chi connectivity index (χ0v) is 10.6. The van der Waals surface area contributed by atoms with Gasteiger partial charge in [-0.1, -0.05) is 32.3 Å². The van der Waals surface area contributed by atoms with Crippen LogP contribution >= 0.6 is 0 Å². The lowest BCUT2D eigenvalue weighted by Gasteiger charge is -2.02. The Morgan fingerprint density at radius 1 is 1.47 bits per heavy atom. The average Bonchev–Trinajstić information content (AvgIpc) is 2.36. The molecule has 0 aliphatic carbocycles. The van der Waals surface area contributed by atoms with Crippen LogP contribution in [-0.2, 0) is 4.79 Å². The van der Waals surface area contributed by atoms with Gasteiger partial charge in [-0.3, -0.25) is 4.79 Å². The first-order valence-corrected chi connectivity index (χ1v) is 5.87. The third-order valence-electron chi connectivity index (χ3n) is 2.57. The summed E-state index contributed by atoms with van der Waals surface area (Å²) < 4.78 is 5.09. The summed E-state index contributed by atoms with van der Waals surface area (Å²) >= 11 is 0. The van der Waals surface area contributed by atoms with E-state index in [1.807, 2.05) is 31.2 Å². The zero-order valence-electron chi connectivity index (χ0n) is 10.6. The summed E-state index contributed by atoms with van der Waals surface area (Å²) in [7, 11) is 1.61. The first kappa shape index (κ1) is 13.3. The molecular weight excluding hydrogens is 212 g/mol. The Morgan fingerprint density at radius 2 is 2.24 bits per heavy atom. The van der Waals surface area contributed by atoms with Crippen molar-refractivity contribution in [3.8, 4) is 17.6 Å². The smallest absolute Gasteiger partial charge is 0.208 e. The molecule has 2 heteroatoms. The summed E-state index contributed by atoms with van der Waals surface area (Å²) in [5.41, 5.74) is 0.807. The molecule has 1 aromatic rings. The van der Waals surface area contributed by atoms with Crippen molar-refractivity contribution in [2.45, 2.75) is 26.7 Å². The highest BCUT2D eigenvalue weighted by Gasteiger charge is 2.08. The van der Waals surface area contributed by atoms with Gasteiger partial charge in [0.1, 0.15) is 5.75 Å². The fourth-order valence-corrected chi connectivity index (χ4v) is 1.52. The summed E-state index contributed by atoms with van der Waals surface area (Å²) in [5.74, 6) is 6.36. The Labute approximate surface area is 103 Å². The Bertz CT molecular complexity index is 438. The van der Waals surface area contributed by atoms with E-state index in [1.54, 1.807) is 7.11 Å². The molecule has 1 atom stereocenters. The number of methoxy groups -OCH3 is 1. The van der Waals surface area contributed by atoms with Crippen molar-refractivity contribution < 1.29 is 9.53 Å². The van der Waals surface area contributed by atoms with Crippen LogP contribution < -0.4 is 4.74 Å². The Kier molecular flexibility index (Phi) is 5.29. The van der Waals surface area contributed by atoms with Crippen LogP contribution in [0.15, 0.2) is 24.3 Å². The van der Waals surface area contributed by atoms with Crippen LogP contribution in [0.1, 0.15) is 32.3 Å². The van der Waals surface area contributed by atoms with Crippen molar-refractivity contribution in [1.29, 1.82) is 0 Å². The molecule has 0 aliphatic heterocycles. The highest BCUT2D eigenvalue weighted by Crippen LogP contribution is 2.11. The molecule has 0 radical (unpaired) electrons. The minimum absolute atomic E-state index is 0.00895. The van der Waals surface area contributed by atoms with Crippen LogP contribution in [0.2, 0.25) is 0 Å². The van der Waals surface area contributed by atoms with Crippen molar-refractivity contribution in [1.82, 2.24) is 0 Å². The summed E-state index contributed by atoms with van der Waals surface area (Å²) in [6, 6.07) is 7.41. The lowest BCUT2D eigenvalue weighted by molar-refractivity contribution is -0.117. The average molecular weight is 230 g/mol. The Morgan fingerprint density at radius 3 is 2.88 bits per heavy atom. The number of Topliss-reactive ketones (excluding diaryl/α,β-unsaturated/α-hetero) is 1. The third kappa shape index (κ3) is 4.32. The monoisotopic (exact) mass is 230 g/mol. The van der Waals surface area contributed by atoms with E-state index in [1.165, 1.54) is 0 Å². The van der Waals surface area contributed by atoms with E-state index >= 15 is 0 Å². The van der Waals surface area contributed by atoms with Crippen LogP contribution in [0.25, 0.3) is 0 Å². The number of ether oxygens (including phenoxy) is 1. The van der Waals surface area contributed by atoms with Crippen molar-refractivity contribution in [3.05, 3.63) is 29.8 Å². The van der Waals surface area contributed by atoms with Crippen molar-refractivity contribution in [3.63, 3.8) is 0 Å². The fraction of sp³-hybridized carbons (Fsp3) is 0.400. The lowest BCUT2D eigenvalue weighted by Crippen LogP contribution is -2.07. The van der Waals surface area contributed by atoms with Gasteiger partial charge in [-0.15, -0.1) is 0 Å². The van der Waals surface area contributed by atoms with Gasteiger partial charge in [0.15, 0.2) is 0 Å². The molecule has 0 fully saturated rings. The third-order valence-corrected chi connectivity index (χ3v) is 2.57. The van der Waals surface area contributed by atoms with E-state index in [-0.39, 0.29) is 11.7 Å². The predicted octanol–water partition coefficient (Wildman–Crippen LogP) is 3.05. The van der Waals surface area contributed by atoms with Crippen molar-refractivity contribution in [2.24, 2.45) is 5.92 Å². The first-order chi connectivity index (χ1) is 8.17. The second kappa shape index (κ2) is 6.75. The van der Waals surface area contributed by atoms with Crippen LogP contribution in [-0.4, -0.2) is 12.9 Å². The molecule has 0 heterocycles. The molecule has 0 amide bonds. The van der Waals surface area contributed by atoms with Gasteiger partial charge < -0.3 is 4.74 Å². The maximum Gasteiger partial charge on any atom is 0.208 e. The van der Waals surface area contributed by atoms with E-state index in [4.69, 9.17) is 4.74 Å². The van der Waals surface area contributed by atoms with Crippen LogP contribution in [0.5, 0.6) is 5.75 Å². The molecule has 2 nitrogen and oxygen atoms in total. The highest BCUT2D eigenvalue weighted by molar-refractivity contribution is 5.97. The minimum Gasteiger partial charge on any atom is -0.497 e. The van der Waals surface area contributed by atoms with Gasteiger partial charge in [0.2, 0.25) is 5.78 Å². The van der Waals surface area contributed by atoms with E-state index in [0.29, 0.717) is 0 Å². The van der Waals surface area contributed by atoms with Gasteiger partial charge in [0.25, 0.3) is 0 Å². The number of rotatable bonds is 4. The molecule has 1 aromatic carbocycles. The van der Waals surface area contributed by atoms with Gasteiger partial charge in [-0.2, -0.15) is 0 Å². The van der Waals surface area contributed by atoms with Gasteiger partial charge >= 0.3 is 0 Å². The number of ketones is 1. The summed E-state index contributed by atoms with van der Waals surface area (Å²) in [4.78, 5) is 11.7. The number of hydrogen-bond acceptors (Lipinski definition) is 2. The number of benzene rings is 1. The molecule has 0 saturated carbocycles. The lowest BCUT2D eigenvalue weighted by atomic mass is 10.0. The normalized spacial score (nSPS) is 11.2. The second-order valence-corrected chi connectivity index (χ2v) is 4.04. The van der Waals surface area contributed by atoms with Crippen molar-refractivity contribution >= 4 is 5.78 Å². The van der Waals surface area contributed by atoms with Gasteiger partial charge in [-0.25, -0.2) is 0 Å². The maximum absolute atomic E-state index is 11.7. The van der Waals surface area contributed by atoms with E-state index in [9.17, 15) is 4.79 Å². The molecule has 0 bridgehead atoms. The predicted molar refractivity (Wildman–Crippen MR) is 69.0 cm³/mol. The van der Waals surface area contributed by atoms with Crippen LogP contribution in [0.4, 0.5) is 0 Å². The molecule has 17 heavy (non-hydrogen) atoms. The molecule has 90 valence electrons. The number of carbonyl (C=O) groups is 1. The van der Waals surface area contributed by atoms with Gasteiger partial charge in [0.05, 0.1) is 7.11 Å². The zero-order chi connectivity index (χ0) is 12.7. The highest BCUT2D eigenvalue weighted by atomic mass is 16.5. The minimum atomic E-state index is 0.00895. The van der Waals surface area contributed by atoms with Gasteiger partial charge in [0, 0.05) is 11.5 Å². The van der Waals surface area contributed by atoms with Gasteiger partial charge in [-0.05, 0) is 30.5 Å². The molecular formula is C15H18O2. The molecule has 0 aromatic heterocycles. The molecule has 0 N–H and O–H groups in total. The second-order valence-electron chi connectivity index (χ2n) is 4.04. The summed E-state index contributed by atoms with van der Waals surface area (Å²) in [6.07, 6.45) is 1.90. The van der Waals surface area contributed by atoms with E-state index in [2.05, 4.69) is 18.8 Å². The number of hydrogen-bond donors (Lipinski definition) is 0. The van der Waals surface area contributed by atoms with E-state index in [0.717, 1.165) is 24.2 Å². The van der Waals surface area contributed by atoms with Crippen LogP contribution in [0.3, 0.4) is 0 Å².